The molecule has 0 saturated carbocycles. The summed E-state index contributed by atoms with van der Waals surface area (Å²) in [4.78, 5) is 24.5. The minimum absolute atomic E-state index is 0.141. The third kappa shape index (κ3) is 5.38. The first-order valence-electron chi connectivity index (χ1n) is 7.95. The van der Waals surface area contributed by atoms with Crippen molar-refractivity contribution in [3.63, 3.8) is 0 Å². The third-order valence-corrected chi connectivity index (χ3v) is 6.23. The van der Waals surface area contributed by atoms with Crippen LogP contribution < -0.4 is 10.6 Å². The number of thiophene rings is 1. The van der Waals surface area contributed by atoms with E-state index >= 15 is 0 Å². The number of amides is 2. The molecular weight excluding hydrogens is 374 g/mol. The van der Waals surface area contributed by atoms with Gasteiger partial charge in [0.05, 0.1) is 9.77 Å². The number of nitrogens with one attached hydrogen (secondary N) is 2. The van der Waals surface area contributed by atoms with Gasteiger partial charge in [-0.3, -0.25) is 9.59 Å². The highest BCUT2D eigenvalue weighted by atomic mass is 32.2. The first kappa shape index (κ1) is 20.1. The Labute approximate surface area is 157 Å². The van der Waals surface area contributed by atoms with Gasteiger partial charge in [-0.2, -0.15) is 0 Å². The van der Waals surface area contributed by atoms with Gasteiger partial charge in [-0.25, -0.2) is 12.7 Å². The van der Waals surface area contributed by atoms with E-state index in [4.69, 9.17) is 0 Å². The number of nitrogens with zero attached hydrogens (tertiary/aromatic N) is 1. The SMILES string of the molecule is CN(C)S(=O)(=O)c1ccc(NC(=O)CCCNC(=O)c2cccs2)cc1. The van der Waals surface area contributed by atoms with Crippen molar-refractivity contribution in [2.45, 2.75) is 17.7 Å². The average molecular weight is 396 g/mol. The number of carbonyl (C=O) groups is 2. The van der Waals surface area contributed by atoms with Crippen LogP contribution in [0, 0.1) is 0 Å². The normalized spacial score (nSPS) is 11.3. The van der Waals surface area contributed by atoms with Crippen LogP contribution in [-0.4, -0.2) is 45.2 Å². The summed E-state index contributed by atoms with van der Waals surface area (Å²) >= 11 is 1.36. The molecule has 0 saturated heterocycles. The molecule has 1 aromatic heterocycles. The molecule has 0 aliphatic carbocycles. The zero-order chi connectivity index (χ0) is 19.2. The van der Waals surface area contributed by atoms with Gasteiger partial charge in [0, 0.05) is 32.7 Å². The number of rotatable bonds is 8. The van der Waals surface area contributed by atoms with Crippen molar-refractivity contribution >= 4 is 38.9 Å². The van der Waals surface area contributed by atoms with Crippen LogP contribution in [0.4, 0.5) is 5.69 Å². The van der Waals surface area contributed by atoms with E-state index in [1.165, 1.54) is 37.6 Å². The molecule has 2 amide bonds. The van der Waals surface area contributed by atoms with Crippen LogP contribution in [0.15, 0.2) is 46.7 Å². The highest BCUT2D eigenvalue weighted by Gasteiger charge is 2.16. The zero-order valence-electron chi connectivity index (χ0n) is 14.6. The summed E-state index contributed by atoms with van der Waals surface area (Å²) in [5.74, 6) is -0.336. The Balaban J connectivity index is 1.76. The number of carbonyl (C=O) groups excluding carboxylic acids is 2. The molecule has 0 atom stereocenters. The largest absolute Gasteiger partial charge is 0.351 e. The highest BCUT2D eigenvalue weighted by Crippen LogP contribution is 2.16. The topological polar surface area (TPSA) is 95.6 Å². The van der Waals surface area contributed by atoms with Gasteiger partial charge in [0.2, 0.25) is 15.9 Å². The lowest BCUT2D eigenvalue weighted by atomic mass is 10.2. The van der Waals surface area contributed by atoms with Crippen molar-refractivity contribution in [2.75, 3.05) is 26.0 Å². The number of sulfonamides is 1. The summed E-state index contributed by atoms with van der Waals surface area (Å²) in [6, 6.07) is 9.55. The van der Waals surface area contributed by atoms with E-state index in [-0.39, 0.29) is 23.1 Å². The zero-order valence-corrected chi connectivity index (χ0v) is 16.2. The molecule has 0 aliphatic heterocycles. The van der Waals surface area contributed by atoms with Crippen molar-refractivity contribution in [3.05, 3.63) is 46.7 Å². The number of benzene rings is 1. The summed E-state index contributed by atoms with van der Waals surface area (Å²) in [5, 5.41) is 7.30. The van der Waals surface area contributed by atoms with Crippen LogP contribution in [0.1, 0.15) is 22.5 Å². The Morgan fingerprint density at radius 3 is 2.38 bits per heavy atom. The lowest BCUT2D eigenvalue weighted by molar-refractivity contribution is -0.116. The van der Waals surface area contributed by atoms with Crippen molar-refractivity contribution < 1.29 is 18.0 Å². The first-order chi connectivity index (χ1) is 12.3. The smallest absolute Gasteiger partial charge is 0.261 e. The van der Waals surface area contributed by atoms with E-state index in [0.29, 0.717) is 23.5 Å². The van der Waals surface area contributed by atoms with Crippen molar-refractivity contribution in [2.24, 2.45) is 0 Å². The fourth-order valence-corrected chi connectivity index (χ4v) is 3.63. The monoisotopic (exact) mass is 395 g/mol. The fraction of sp³-hybridized carbons (Fsp3) is 0.294. The number of hydrogen-bond acceptors (Lipinski definition) is 5. The lowest BCUT2D eigenvalue weighted by Gasteiger charge is -2.12. The molecule has 0 fully saturated rings. The third-order valence-electron chi connectivity index (χ3n) is 3.53. The van der Waals surface area contributed by atoms with Gasteiger partial charge < -0.3 is 10.6 Å². The van der Waals surface area contributed by atoms with Gasteiger partial charge in [-0.05, 0) is 42.1 Å². The van der Waals surface area contributed by atoms with Crippen molar-refractivity contribution in [1.29, 1.82) is 0 Å². The number of anilines is 1. The molecule has 0 radical (unpaired) electrons. The Kier molecular flexibility index (Phi) is 6.90. The van der Waals surface area contributed by atoms with Gasteiger partial charge in [0.1, 0.15) is 0 Å². The van der Waals surface area contributed by atoms with E-state index in [1.54, 1.807) is 18.2 Å². The summed E-state index contributed by atoms with van der Waals surface area (Å²) in [6.07, 6.45) is 0.762. The van der Waals surface area contributed by atoms with Crippen LogP contribution >= 0.6 is 11.3 Å². The summed E-state index contributed by atoms with van der Waals surface area (Å²) in [5.41, 5.74) is 0.523. The minimum atomic E-state index is -3.49. The van der Waals surface area contributed by atoms with Crippen LogP contribution in [0.5, 0.6) is 0 Å². The molecule has 2 aromatic rings. The maximum absolute atomic E-state index is 12.0. The second kappa shape index (κ2) is 8.93. The standard InChI is InChI=1S/C17H21N3O4S2/c1-20(2)26(23,24)14-9-7-13(8-10-14)19-16(21)6-3-11-18-17(22)15-5-4-12-25-15/h4-5,7-10,12H,3,6,11H2,1-2H3,(H,18,22)(H,19,21). The maximum Gasteiger partial charge on any atom is 0.261 e. The van der Waals surface area contributed by atoms with Crippen LogP contribution in [0.25, 0.3) is 0 Å². The van der Waals surface area contributed by atoms with Gasteiger partial charge in [-0.15, -0.1) is 11.3 Å². The molecule has 1 heterocycles. The predicted octanol–water partition coefficient (Wildman–Crippen LogP) is 2.15. The number of hydrogen-bond donors (Lipinski definition) is 2. The lowest BCUT2D eigenvalue weighted by Crippen LogP contribution is -2.24. The predicted molar refractivity (Wildman–Crippen MR) is 102 cm³/mol. The summed E-state index contributed by atoms with van der Waals surface area (Å²) in [7, 11) is -0.564. The average Bonchev–Trinajstić information content (AvgIpc) is 3.13. The van der Waals surface area contributed by atoms with Gasteiger partial charge in [0.25, 0.3) is 5.91 Å². The van der Waals surface area contributed by atoms with Crippen LogP contribution in [0.2, 0.25) is 0 Å². The molecule has 0 bridgehead atoms. The van der Waals surface area contributed by atoms with E-state index < -0.39 is 10.0 Å². The molecule has 0 unspecified atom stereocenters. The molecule has 2 rings (SSSR count). The van der Waals surface area contributed by atoms with Crippen molar-refractivity contribution in [3.8, 4) is 0 Å². The highest BCUT2D eigenvalue weighted by molar-refractivity contribution is 7.89. The second-order valence-electron chi connectivity index (χ2n) is 5.70. The molecule has 7 nitrogen and oxygen atoms in total. The van der Waals surface area contributed by atoms with Gasteiger partial charge >= 0.3 is 0 Å². The molecule has 0 aliphatic rings. The maximum atomic E-state index is 12.0. The first-order valence-corrected chi connectivity index (χ1v) is 10.3. The molecule has 26 heavy (non-hydrogen) atoms. The van der Waals surface area contributed by atoms with E-state index in [2.05, 4.69) is 10.6 Å². The van der Waals surface area contributed by atoms with Crippen LogP contribution in [-0.2, 0) is 14.8 Å². The fourth-order valence-electron chi connectivity index (χ4n) is 2.09. The summed E-state index contributed by atoms with van der Waals surface area (Å²) in [6.45, 7) is 0.407. The van der Waals surface area contributed by atoms with Crippen LogP contribution in [0.3, 0.4) is 0 Å². The van der Waals surface area contributed by atoms with Gasteiger partial charge in [0.15, 0.2) is 0 Å². The Morgan fingerprint density at radius 2 is 1.81 bits per heavy atom. The van der Waals surface area contributed by atoms with E-state index in [0.717, 1.165) is 4.31 Å². The molecule has 1 aromatic carbocycles. The van der Waals surface area contributed by atoms with E-state index in [9.17, 15) is 18.0 Å². The Morgan fingerprint density at radius 1 is 1.12 bits per heavy atom. The molecule has 9 heteroatoms. The van der Waals surface area contributed by atoms with Crippen molar-refractivity contribution in [1.82, 2.24) is 9.62 Å². The molecule has 2 N–H and O–H groups in total. The Hall–Kier alpha value is -2.23. The van der Waals surface area contributed by atoms with E-state index in [1.807, 2.05) is 11.4 Å². The molecule has 140 valence electrons. The molecular formula is C17H21N3O4S2. The second-order valence-corrected chi connectivity index (χ2v) is 8.80. The minimum Gasteiger partial charge on any atom is -0.351 e. The summed E-state index contributed by atoms with van der Waals surface area (Å²) < 4.78 is 25.1. The Bertz CT molecular complexity index is 845. The quantitative estimate of drug-likeness (QED) is 0.670. The van der Waals surface area contributed by atoms with Gasteiger partial charge in [-0.1, -0.05) is 6.07 Å². The molecule has 0 spiro atoms.